The van der Waals surface area contributed by atoms with Crippen LogP contribution in [0.5, 0.6) is 0 Å². The molecule has 4 nitrogen and oxygen atoms in total. The first-order chi connectivity index (χ1) is 9.65. The minimum absolute atomic E-state index is 0.243. The Labute approximate surface area is 121 Å². The van der Waals surface area contributed by atoms with Gasteiger partial charge < -0.3 is 14.7 Å². The van der Waals surface area contributed by atoms with E-state index < -0.39 is 5.97 Å². The van der Waals surface area contributed by atoms with Crippen LogP contribution in [0.3, 0.4) is 0 Å². The first kappa shape index (κ1) is 14.3. The summed E-state index contributed by atoms with van der Waals surface area (Å²) in [5.41, 5.74) is 0.243. The lowest BCUT2D eigenvalue weighted by Gasteiger charge is -2.26. The molecule has 2 unspecified atom stereocenters. The van der Waals surface area contributed by atoms with Gasteiger partial charge in [-0.15, -0.1) is 0 Å². The van der Waals surface area contributed by atoms with E-state index in [2.05, 4.69) is 4.90 Å². The van der Waals surface area contributed by atoms with Gasteiger partial charge in [-0.2, -0.15) is 0 Å². The van der Waals surface area contributed by atoms with Crippen LogP contribution in [0.25, 0.3) is 0 Å². The molecule has 1 aliphatic carbocycles. The van der Waals surface area contributed by atoms with Crippen LogP contribution in [-0.2, 0) is 9.53 Å². The van der Waals surface area contributed by atoms with Crippen molar-refractivity contribution in [3.8, 4) is 0 Å². The fourth-order valence-electron chi connectivity index (χ4n) is 4.34. The highest BCUT2D eigenvalue weighted by molar-refractivity contribution is 5.66. The number of carbonyl (C=O) groups is 1. The summed E-state index contributed by atoms with van der Waals surface area (Å²) in [6, 6.07) is 0. The molecule has 0 amide bonds. The fourth-order valence-corrected chi connectivity index (χ4v) is 4.34. The molecule has 1 N–H and O–H groups in total. The van der Waals surface area contributed by atoms with Crippen molar-refractivity contribution in [3.05, 3.63) is 0 Å². The molecule has 114 valence electrons. The summed E-state index contributed by atoms with van der Waals surface area (Å²) in [6.45, 7) is 3.25. The van der Waals surface area contributed by atoms with Crippen molar-refractivity contribution < 1.29 is 14.6 Å². The summed E-state index contributed by atoms with van der Waals surface area (Å²) in [7, 11) is 0. The van der Waals surface area contributed by atoms with Crippen molar-refractivity contribution in [3.63, 3.8) is 0 Å². The molecule has 3 fully saturated rings. The molecule has 0 bridgehead atoms. The molecule has 2 heterocycles. The van der Waals surface area contributed by atoms with Gasteiger partial charge in [0.05, 0.1) is 11.7 Å². The van der Waals surface area contributed by atoms with Crippen molar-refractivity contribution in [2.45, 2.75) is 69.5 Å². The van der Waals surface area contributed by atoms with E-state index in [1.807, 2.05) is 0 Å². The maximum Gasteiger partial charge on any atom is 0.303 e. The number of aliphatic carboxylic acids is 1. The van der Waals surface area contributed by atoms with Crippen LogP contribution in [0.1, 0.15) is 57.8 Å². The lowest BCUT2D eigenvalue weighted by atomic mass is 9.98. The number of hydrogen-bond donors (Lipinski definition) is 1. The molecule has 0 aromatic rings. The topological polar surface area (TPSA) is 49.8 Å². The number of ether oxygens (including phenoxy) is 1. The zero-order valence-electron chi connectivity index (χ0n) is 12.4. The first-order valence-electron chi connectivity index (χ1n) is 8.27. The Hall–Kier alpha value is -0.610. The van der Waals surface area contributed by atoms with Gasteiger partial charge in [0.25, 0.3) is 0 Å². The van der Waals surface area contributed by atoms with Crippen LogP contribution in [0.4, 0.5) is 0 Å². The average molecular weight is 281 g/mol. The van der Waals surface area contributed by atoms with Gasteiger partial charge in [-0.3, -0.25) is 4.79 Å². The second-order valence-corrected chi connectivity index (χ2v) is 7.02. The Kier molecular flexibility index (Phi) is 4.32. The number of carboxylic acid groups (broad SMARTS) is 1. The Bertz CT molecular complexity index is 352. The number of rotatable bonds is 5. The van der Waals surface area contributed by atoms with Crippen molar-refractivity contribution in [2.75, 3.05) is 19.6 Å². The second-order valence-electron chi connectivity index (χ2n) is 7.02. The summed E-state index contributed by atoms with van der Waals surface area (Å²) in [4.78, 5) is 13.1. The van der Waals surface area contributed by atoms with Gasteiger partial charge >= 0.3 is 5.97 Å². The summed E-state index contributed by atoms with van der Waals surface area (Å²) >= 11 is 0. The van der Waals surface area contributed by atoms with Crippen molar-refractivity contribution >= 4 is 5.97 Å². The van der Waals surface area contributed by atoms with Gasteiger partial charge in [-0.25, -0.2) is 0 Å². The first-order valence-corrected chi connectivity index (χ1v) is 8.27. The van der Waals surface area contributed by atoms with Crippen LogP contribution in [0.2, 0.25) is 0 Å². The maximum atomic E-state index is 10.6. The molecule has 0 aromatic heterocycles. The zero-order chi connectivity index (χ0) is 14.0. The van der Waals surface area contributed by atoms with E-state index in [0.717, 1.165) is 32.5 Å². The molecule has 2 saturated heterocycles. The van der Waals surface area contributed by atoms with Gasteiger partial charge in [-0.05, 0) is 51.0 Å². The number of likely N-dealkylation sites (tertiary alicyclic amines) is 1. The molecular formula is C16H27NO3. The number of nitrogens with zero attached hydrogens (tertiary/aromatic N) is 1. The van der Waals surface area contributed by atoms with Gasteiger partial charge in [0.15, 0.2) is 0 Å². The lowest BCUT2D eigenvalue weighted by molar-refractivity contribution is -0.137. The van der Waals surface area contributed by atoms with Crippen LogP contribution < -0.4 is 0 Å². The summed E-state index contributed by atoms with van der Waals surface area (Å²) in [5, 5.41) is 8.75. The van der Waals surface area contributed by atoms with E-state index in [1.165, 1.54) is 38.5 Å². The van der Waals surface area contributed by atoms with Crippen LogP contribution in [0.15, 0.2) is 0 Å². The van der Waals surface area contributed by atoms with Gasteiger partial charge in [0.2, 0.25) is 0 Å². The van der Waals surface area contributed by atoms with Crippen molar-refractivity contribution in [1.29, 1.82) is 0 Å². The van der Waals surface area contributed by atoms with Crippen LogP contribution in [-0.4, -0.2) is 47.3 Å². The second kappa shape index (κ2) is 6.02. The molecule has 0 radical (unpaired) electrons. The van der Waals surface area contributed by atoms with Crippen molar-refractivity contribution in [2.24, 2.45) is 5.92 Å². The largest absolute Gasteiger partial charge is 0.481 e. The van der Waals surface area contributed by atoms with E-state index in [-0.39, 0.29) is 5.60 Å². The third-order valence-corrected chi connectivity index (χ3v) is 5.45. The predicted octanol–water partition coefficient (Wildman–Crippen LogP) is 2.66. The highest BCUT2D eigenvalue weighted by atomic mass is 16.5. The highest BCUT2D eigenvalue weighted by Crippen LogP contribution is 2.43. The minimum atomic E-state index is -0.661. The molecule has 2 aliphatic heterocycles. The maximum absolute atomic E-state index is 10.6. The van der Waals surface area contributed by atoms with Crippen LogP contribution in [0, 0.1) is 5.92 Å². The molecule has 3 rings (SSSR count). The quantitative estimate of drug-likeness (QED) is 0.841. The third-order valence-electron chi connectivity index (χ3n) is 5.45. The highest BCUT2D eigenvalue weighted by Gasteiger charge is 2.42. The van der Waals surface area contributed by atoms with E-state index in [9.17, 15) is 4.79 Å². The zero-order valence-corrected chi connectivity index (χ0v) is 12.4. The van der Waals surface area contributed by atoms with Gasteiger partial charge in [0.1, 0.15) is 0 Å². The molecule has 1 saturated carbocycles. The van der Waals surface area contributed by atoms with Crippen molar-refractivity contribution in [1.82, 2.24) is 4.90 Å². The molecule has 1 spiro atoms. The normalized spacial score (nSPS) is 33.2. The lowest BCUT2D eigenvalue weighted by Crippen LogP contribution is -2.33. The van der Waals surface area contributed by atoms with Gasteiger partial charge in [-0.1, -0.05) is 12.8 Å². The van der Waals surface area contributed by atoms with E-state index in [0.29, 0.717) is 18.4 Å². The van der Waals surface area contributed by atoms with E-state index >= 15 is 0 Å². The minimum Gasteiger partial charge on any atom is -0.481 e. The fraction of sp³-hybridized carbons (Fsp3) is 0.938. The molecular weight excluding hydrogens is 254 g/mol. The molecule has 0 aromatic carbocycles. The number of hydrogen-bond acceptors (Lipinski definition) is 3. The SMILES string of the molecule is O=C(O)CCC1CCN(CC2CCC3(CCCC3)O2)C1. The summed E-state index contributed by atoms with van der Waals surface area (Å²) in [6.07, 6.45) is 10.4. The Morgan fingerprint density at radius 2 is 2.05 bits per heavy atom. The van der Waals surface area contributed by atoms with Gasteiger partial charge in [0, 0.05) is 19.5 Å². The standard InChI is InChI=1S/C16H27NO3/c18-15(19)4-3-13-6-10-17(11-13)12-14-5-9-16(20-14)7-1-2-8-16/h13-14H,1-12H2,(H,18,19). The Morgan fingerprint density at radius 1 is 1.25 bits per heavy atom. The Balaban J connectivity index is 1.40. The summed E-state index contributed by atoms with van der Waals surface area (Å²) < 4.78 is 6.37. The molecule has 3 aliphatic rings. The number of carboxylic acids is 1. The molecule has 2 atom stereocenters. The smallest absolute Gasteiger partial charge is 0.303 e. The van der Waals surface area contributed by atoms with E-state index in [1.54, 1.807) is 0 Å². The van der Waals surface area contributed by atoms with Crippen LogP contribution >= 0.6 is 0 Å². The third kappa shape index (κ3) is 3.34. The van der Waals surface area contributed by atoms with E-state index in [4.69, 9.17) is 9.84 Å². The monoisotopic (exact) mass is 281 g/mol. The Morgan fingerprint density at radius 3 is 2.80 bits per heavy atom. The molecule has 20 heavy (non-hydrogen) atoms. The molecule has 4 heteroatoms. The predicted molar refractivity (Wildman–Crippen MR) is 76.7 cm³/mol. The average Bonchev–Trinajstić information content (AvgIpc) is 3.12. The summed E-state index contributed by atoms with van der Waals surface area (Å²) in [5.74, 6) is -0.0845.